The van der Waals surface area contributed by atoms with Crippen LogP contribution >= 0.6 is 11.6 Å². The summed E-state index contributed by atoms with van der Waals surface area (Å²) < 4.78 is 0. The molecule has 0 spiro atoms. The lowest BCUT2D eigenvalue weighted by atomic mass is 9.76. The van der Waals surface area contributed by atoms with Crippen LogP contribution in [-0.4, -0.2) is 16.5 Å². The second-order valence-electron chi connectivity index (χ2n) is 4.95. The van der Waals surface area contributed by atoms with Crippen molar-refractivity contribution in [1.82, 2.24) is 9.97 Å². The van der Waals surface area contributed by atoms with E-state index in [4.69, 9.17) is 11.6 Å². The van der Waals surface area contributed by atoms with Crippen LogP contribution in [0.5, 0.6) is 0 Å². The van der Waals surface area contributed by atoms with E-state index in [0.717, 1.165) is 6.54 Å². The highest BCUT2D eigenvalue weighted by Crippen LogP contribution is 2.35. The van der Waals surface area contributed by atoms with E-state index < -0.39 is 0 Å². The summed E-state index contributed by atoms with van der Waals surface area (Å²) in [6.07, 6.45) is 9.92. The van der Waals surface area contributed by atoms with Gasteiger partial charge in [0, 0.05) is 6.54 Å². The normalized spacial score (nSPS) is 19.4. The average molecular weight is 240 g/mol. The fraction of sp³-hybridized carbons (Fsp3) is 0.667. The van der Waals surface area contributed by atoms with Gasteiger partial charge in [0.15, 0.2) is 0 Å². The Morgan fingerprint density at radius 3 is 2.50 bits per heavy atom. The zero-order valence-electron chi connectivity index (χ0n) is 9.67. The molecular weight excluding hydrogens is 222 g/mol. The van der Waals surface area contributed by atoms with Gasteiger partial charge < -0.3 is 5.32 Å². The molecule has 0 bridgehead atoms. The molecule has 1 aliphatic rings. The van der Waals surface area contributed by atoms with E-state index in [1.165, 1.54) is 32.1 Å². The van der Waals surface area contributed by atoms with Gasteiger partial charge in [0.2, 0.25) is 5.95 Å². The standard InChI is InChI=1S/C12H18ClN3/c1-12(5-3-2-4-6-12)9-16-11-14-7-10(13)8-15-11/h7-8H,2-6,9H2,1H3,(H,14,15,16). The van der Waals surface area contributed by atoms with Gasteiger partial charge in [-0.3, -0.25) is 0 Å². The lowest BCUT2D eigenvalue weighted by Gasteiger charge is -2.33. The summed E-state index contributed by atoms with van der Waals surface area (Å²) in [7, 11) is 0. The third-order valence-corrected chi connectivity index (χ3v) is 3.55. The first-order chi connectivity index (χ1) is 7.68. The molecule has 0 aliphatic heterocycles. The molecule has 3 nitrogen and oxygen atoms in total. The lowest BCUT2D eigenvalue weighted by Crippen LogP contribution is -2.29. The van der Waals surface area contributed by atoms with Crippen molar-refractivity contribution in [2.24, 2.45) is 5.41 Å². The number of nitrogens with zero attached hydrogens (tertiary/aromatic N) is 2. The van der Waals surface area contributed by atoms with E-state index in [1.807, 2.05) is 0 Å². The van der Waals surface area contributed by atoms with Gasteiger partial charge in [0.1, 0.15) is 0 Å². The molecule has 1 N–H and O–H groups in total. The second-order valence-corrected chi connectivity index (χ2v) is 5.39. The summed E-state index contributed by atoms with van der Waals surface area (Å²) in [5.74, 6) is 0.677. The van der Waals surface area contributed by atoms with Gasteiger partial charge in [-0.25, -0.2) is 9.97 Å². The van der Waals surface area contributed by atoms with Gasteiger partial charge in [-0.1, -0.05) is 37.8 Å². The van der Waals surface area contributed by atoms with Gasteiger partial charge in [-0.2, -0.15) is 0 Å². The van der Waals surface area contributed by atoms with E-state index in [0.29, 0.717) is 16.4 Å². The minimum Gasteiger partial charge on any atom is -0.354 e. The molecule has 1 aromatic heterocycles. The summed E-state index contributed by atoms with van der Waals surface area (Å²) >= 11 is 5.74. The van der Waals surface area contributed by atoms with Crippen molar-refractivity contribution in [1.29, 1.82) is 0 Å². The van der Waals surface area contributed by atoms with Crippen molar-refractivity contribution in [3.63, 3.8) is 0 Å². The summed E-state index contributed by atoms with van der Waals surface area (Å²) in [5.41, 5.74) is 0.404. The van der Waals surface area contributed by atoms with E-state index in [-0.39, 0.29) is 0 Å². The molecule has 1 aromatic rings. The minimum atomic E-state index is 0.404. The van der Waals surface area contributed by atoms with Gasteiger partial charge in [-0.05, 0) is 18.3 Å². The maximum absolute atomic E-state index is 5.74. The van der Waals surface area contributed by atoms with Crippen LogP contribution < -0.4 is 5.32 Å². The Morgan fingerprint density at radius 2 is 1.88 bits per heavy atom. The Morgan fingerprint density at radius 1 is 1.25 bits per heavy atom. The number of hydrogen-bond donors (Lipinski definition) is 1. The van der Waals surface area contributed by atoms with E-state index >= 15 is 0 Å². The molecular formula is C12H18ClN3. The SMILES string of the molecule is CC1(CNc2ncc(Cl)cn2)CCCCC1. The van der Waals surface area contributed by atoms with Crippen molar-refractivity contribution < 1.29 is 0 Å². The molecule has 1 saturated carbocycles. The fourth-order valence-electron chi connectivity index (χ4n) is 2.28. The first kappa shape index (κ1) is 11.6. The van der Waals surface area contributed by atoms with Crippen molar-refractivity contribution in [2.75, 3.05) is 11.9 Å². The van der Waals surface area contributed by atoms with Crippen LogP contribution in [0.25, 0.3) is 0 Å². The Labute approximate surface area is 102 Å². The molecule has 16 heavy (non-hydrogen) atoms. The van der Waals surface area contributed by atoms with E-state index in [1.54, 1.807) is 12.4 Å². The van der Waals surface area contributed by atoms with Crippen LogP contribution in [0.3, 0.4) is 0 Å². The Bertz CT molecular complexity index is 331. The van der Waals surface area contributed by atoms with E-state index in [9.17, 15) is 0 Å². The molecule has 0 aromatic carbocycles. The molecule has 1 aliphatic carbocycles. The van der Waals surface area contributed by atoms with Crippen LogP contribution in [0.15, 0.2) is 12.4 Å². The predicted molar refractivity (Wildman–Crippen MR) is 66.7 cm³/mol. The van der Waals surface area contributed by atoms with Crippen molar-refractivity contribution in [2.45, 2.75) is 39.0 Å². The monoisotopic (exact) mass is 239 g/mol. The second kappa shape index (κ2) is 5.00. The maximum atomic E-state index is 5.74. The smallest absolute Gasteiger partial charge is 0.222 e. The molecule has 1 fully saturated rings. The Balaban J connectivity index is 1.88. The number of aromatic nitrogens is 2. The molecule has 0 radical (unpaired) electrons. The topological polar surface area (TPSA) is 37.8 Å². The molecule has 0 amide bonds. The predicted octanol–water partition coefficient (Wildman–Crippen LogP) is 3.51. The van der Waals surface area contributed by atoms with Crippen molar-refractivity contribution in [3.05, 3.63) is 17.4 Å². The summed E-state index contributed by atoms with van der Waals surface area (Å²) in [6, 6.07) is 0. The summed E-state index contributed by atoms with van der Waals surface area (Å²) in [6.45, 7) is 3.30. The van der Waals surface area contributed by atoms with Gasteiger partial charge in [-0.15, -0.1) is 0 Å². The van der Waals surface area contributed by atoms with Gasteiger partial charge in [0.25, 0.3) is 0 Å². The highest BCUT2D eigenvalue weighted by atomic mass is 35.5. The fourth-order valence-corrected chi connectivity index (χ4v) is 2.38. The third-order valence-electron chi connectivity index (χ3n) is 3.35. The van der Waals surface area contributed by atoms with Crippen LogP contribution in [0.2, 0.25) is 5.02 Å². The molecule has 0 atom stereocenters. The van der Waals surface area contributed by atoms with Crippen LogP contribution in [0.4, 0.5) is 5.95 Å². The van der Waals surface area contributed by atoms with Crippen LogP contribution in [0, 0.1) is 5.41 Å². The average Bonchev–Trinajstić information content (AvgIpc) is 2.29. The molecule has 0 saturated heterocycles. The maximum Gasteiger partial charge on any atom is 0.222 e. The van der Waals surface area contributed by atoms with E-state index in [2.05, 4.69) is 22.2 Å². The van der Waals surface area contributed by atoms with Gasteiger partial charge >= 0.3 is 0 Å². The number of halogens is 1. The quantitative estimate of drug-likeness (QED) is 0.877. The number of anilines is 1. The van der Waals surface area contributed by atoms with Gasteiger partial charge in [0.05, 0.1) is 17.4 Å². The highest BCUT2D eigenvalue weighted by Gasteiger charge is 2.26. The lowest BCUT2D eigenvalue weighted by molar-refractivity contribution is 0.233. The Hall–Kier alpha value is -0.830. The third kappa shape index (κ3) is 3.08. The zero-order valence-corrected chi connectivity index (χ0v) is 10.4. The van der Waals surface area contributed by atoms with Crippen LogP contribution in [0.1, 0.15) is 39.0 Å². The van der Waals surface area contributed by atoms with Crippen LogP contribution in [-0.2, 0) is 0 Å². The Kier molecular flexibility index (Phi) is 3.64. The summed E-state index contributed by atoms with van der Waals surface area (Å²) in [5, 5.41) is 3.88. The largest absolute Gasteiger partial charge is 0.354 e. The minimum absolute atomic E-state index is 0.404. The van der Waals surface area contributed by atoms with Crippen molar-refractivity contribution >= 4 is 17.5 Å². The summed E-state index contributed by atoms with van der Waals surface area (Å²) in [4.78, 5) is 8.28. The number of rotatable bonds is 3. The zero-order chi connectivity index (χ0) is 11.4. The molecule has 88 valence electrons. The number of nitrogens with one attached hydrogen (secondary N) is 1. The molecule has 2 rings (SSSR count). The molecule has 4 heteroatoms. The first-order valence-electron chi connectivity index (χ1n) is 5.89. The first-order valence-corrected chi connectivity index (χ1v) is 6.27. The highest BCUT2D eigenvalue weighted by molar-refractivity contribution is 6.30. The van der Waals surface area contributed by atoms with Crippen molar-refractivity contribution in [3.8, 4) is 0 Å². The molecule has 0 unspecified atom stereocenters. The molecule has 1 heterocycles. The number of hydrogen-bond acceptors (Lipinski definition) is 3.